The maximum atomic E-state index is 12.3. The van der Waals surface area contributed by atoms with Crippen LogP contribution >= 0.6 is 0 Å². The summed E-state index contributed by atoms with van der Waals surface area (Å²) in [6.45, 7) is 2.55. The molecule has 0 unspecified atom stereocenters. The lowest BCUT2D eigenvalue weighted by Gasteiger charge is -2.05. The molecule has 17 heavy (non-hydrogen) atoms. The first-order valence-electron chi connectivity index (χ1n) is 5.32. The van der Waals surface area contributed by atoms with Crippen LogP contribution in [0.2, 0.25) is 0 Å². The molecule has 0 N–H and O–H groups in total. The summed E-state index contributed by atoms with van der Waals surface area (Å²) in [5.41, 5.74) is 1.05. The molecular weight excluding hydrogens is 218 g/mol. The van der Waals surface area contributed by atoms with E-state index < -0.39 is 0 Å². The molecule has 0 fully saturated rings. The fraction of sp³-hybridized carbons (Fsp3) is 0.250. The van der Waals surface area contributed by atoms with Gasteiger partial charge in [-0.05, 0) is 19.1 Å². The SMILES string of the molecule is CCn1ncc(OC)c1C(=O)c1ccncc1. The molecule has 2 aromatic heterocycles. The van der Waals surface area contributed by atoms with E-state index in [1.165, 1.54) is 7.11 Å². The van der Waals surface area contributed by atoms with Crippen LogP contribution in [0.1, 0.15) is 23.0 Å². The van der Waals surface area contributed by atoms with Gasteiger partial charge in [0, 0.05) is 24.5 Å². The number of hydrogen-bond acceptors (Lipinski definition) is 4. The maximum absolute atomic E-state index is 12.3. The standard InChI is InChI=1S/C12H13N3O2/c1-3-15-11(10(17-2)8-14-15)12(16)9-4-6-13-7-5-9/h4-8H,3H2,1-2H3. The third kappa shape index (κ3) is 2.04. The van der Waals surface area contributed by atoms with Gasteiger partial charge >= 0.3 is 0 Å². The van der Waals surface area contributed by atoms with Gasteiger partial charge in [-0.25, -0.2) is 0 Å². The lowest BCUT2D eigenvalue weighted by atomic mass is 10.1. The van der Waals surface area contributed by atoms with E-state index in [1.807, 2.05) is 6.92 Å². The largest absolute Gasteiger partial charge is 0.493 e. The summed E-state index contributed by atoms with van der Waals surface area (Å²) in [4.78, 5) is 16.2. The summed E-state index contributed by atoms with van der Waals surface area (Å²) in [5, 5.41) is 4.11. The number of methoxy groups -OCH3 is 1. The summed E-state index contributed by atoms with van der Waals surface area (Å²) in [5.74, 6) is 0.386. The van der Waals surface area contributed by atoms with Crippen LogP contribution in [0, 0.1) is 0 Å². The Labute approximate surface area is 99.1 Å². The van der Waals surface area contributed by atoms with Gasteiger partial charge in [0.1, 0.15) is 0 Å². The fourth-order valence-corrected chi connectivity index (χ4v) is 1.63. The van der Waals surface area contributed by atoms with Crippen molar-refractivity contribution in [2.45, 2.75) is 13.5 Å². The van der Waals surface area contributed by atoms with Gasteiger partial charge in [-0.2, -0.15) is 5.10 Å². The molecule has 0 radical (unpaired) electrons. The van der Waals surface area contributed by atoms with Gasteiger partial charge in [0.05, 0.1) is 13.3 Å². The zero-order valence-corrected chi connectivity index (χ0v) is 9.75. The van der Waals surface area contributed by atoms with Crippen LogP contribution in [0.4, 0.5) is 0 Å². The van der Waals surface area contributed by atoms with Crippen molar-refractivity contribution in [1.29, 1.82) is 0 Å². The molecule has 5 nitrogen and oxygen atoms in total. The summed E-state index contributed by atoms with van der Waals surface area (Å²) < 4.78 is 6.78. The highest BCUT2D eigenvalue weighted by molar-refractivity contribution is 6.09. The van der Waals surface area contributed by atoms with Crippen LogP contribution in [0.15, 0.2) is 30.7 Å². The van der Waals surface area contributed by atoms with Gasteiger partial charge in [-0.1, -0.05) is 0 Å². The van der Waals surface area contributed by atoms with Crippen molar-refractivity contribution in [3.63, 3.8) is 0 Å². The summed E-state index contributed by atoms with van der Waals surface area (Å²) in [7, 11) is 1.53. The number of ether oxygens (including phenoxy) is 1. The van der Waals surface area contributed by atoms with E-state index in [1.54, 1.807) is 35.4 Å². The first-order chi connectivity index (χ1) is 8.27. The maximum Gasteiger partial charge on any atom is 0.214 e. The zero-order chi connectivity index (χ0) is 12.3. The number of aryl methyl sites for hydroxylation is 1. The minimum absolute atomic E-state index is 0.108. The lowest BCUT2D eigenvalue weighted by Crippen LogP contribution is -2.11. The minimum Gasteiger partial charge on any atom is -0.493 e. The third-order valence-corrected chi connectivity index (χ3v) is 2.48. The van der Waals surface area contributed by atoms with E-state index in [4.69, 9.17) is 4.74 Å². The lowest BCUT2D eigenvalue weighted by molar-refractivity contribution is 0.102. The highest BCUT2D eigenvalue weighted by Gasteiger charge is 2.19. The van der Waals surface area contributed by atoms with E-state index in [9.17, 15) is 4.79 Å². The molecule has 88 valence electrons. The van der Waals surface area contributed by atoms with Crippen molar-refractivity contribution in [1.82, 2.24) is 14.8 Å². The highest BCUT2D eigenvalue weighted by Crippen LogP contribution is 2.20. The third-order valence-electron chi connectivity index (χ3n) is 2.48. The Hall–Kier alpha value is -2.17. The zero-order valence-electron chi connectivity index (χ0n) is 9.75. The average molecular weight is 231 g/mol. The van der Waals surface area contributed by atoms with Crippen molar-refractivity contribution in [3.8, 4) is 5.75 Å². The molecule has 0 saturated heterocycles. The van der Waals surface area contributed by atoms with E-state index in [2.05, 4.69) is 10.1 Å². The topological polar surface area (TPSA) is 57.0 Å². The number of pyridine rings is 1. The van der Waals surface area contributed by atoms with Crippen molar-refractivity contribution < 1.29 is 9.53 Å². The molecule has 0 amide bonds. The van der Waals surface area contributed by atoms with Gasteiger partial charge < -0.3 is 4.74 Å². The van der Waals surface area contributed by atoms with E-state index >= 15 is 0 Å². The van der Waals surface area contributed by atoms with Crippen LogP contribution in [-0.2, 0) is 6.54 Å². The second-order valence-corrected chi connectivity index (χ2v) is 3.44. The predicted molar refractivity (Wildman–Crippen MR) is 62.1 cm³/mol. The quantitative estimate of drug-likeness (QED) is 0.749. The van der Waals surface area contributed by atoms with Crippen LogP contribution in [-0.4, -0.2) is 27.7 Å². The highest BCUT2D eigenvalue weighted by atomic mass is 16.5. The van der Waals surface area contributed by atoms with Crippen LogP contribution in [0.3, 0.4) is 0 Å². The molecule has 0 aromatic carbocycles. The Morgan fingerprint density at radius 3 is 2.71 bits per heavy atom. The fourth-order valence-electron chi connectivity index (χ4n) is 1.63. The number of nitrogens with zero attached hydrogens (tertiary/aromatic N) is 3. The molecule has 0 aliphatic carbocycles. The van der Waals surface area contributed by atoms with Crippen LogP contribution in [0.25, 0.3) is 0 Å². The number of carbonyl (C=O) groups is 1. The van der Waals surface area contributed by atoms with Crippen molar-refractivity contribution >= 4 is 5.78 Å². The number of ketones is 1. The smallest absolute Gasteiger partial charge is 0.214 e. The second kappa shape index (κ2) is 4.78. The number of hydrogen-bond donors (Lipinski definition) is 0. The molecule has 0 aliphatic heterocycles. The van der Waals surface area contributed by atoms with Gasteiger partial charge in [0.25, 0.3) is 0 Å². The number of aromatic nitrogens is 3. The minimum atomic E-state index is -0.108. The van der Waals surface area contributed by atoms with Crippen LogP contribution < -0.4 is 4.74 Å². The average Bonchev–Trinajstić information content (AvgIpc) is 2.81. The first kappa shape index (κ1) is 11.3. The van der Waals surface area contributed by atoms with Crippen LogP contribution in [0.5, 0.6) is 5.75 Å². The molecule has 2 rings (SSSR count). The predicted octanol–water partition coefficient (Wildman–Crippen LogP) is 1.54. The van der Waals surface area contributed by atoms with Gasteiger partial charge in [0.2, 0.25) is 5.78 Å². The van der Waals surface area contributed by atoms with Crippen molar-refractivity contribution in [2.24, 2.45) is 0 Å². The van der Waals surface area contributed by atoms with Gasteiger partial charge in [0.15, 0.2) is 11.4 Å². The first-order valence-corrected chi connectivity index (χ1v) is 5.32. The van der Waals surface area contributed by atoms with E-state index in [0.29, 0.717) is 23.6 Å². The van der Waals surface area contributed by atoms with Gasteiger partial charge in [-0.15, -0.1) is 0 Å². The summed E-state index contributed by atoms with van der Waals surface area (Å²) >= 11 is 0. The molecule has 2 aromatic rings. The Balaban J connectivity index is 2.46. The second-order valence-electron chi connectivity index (χ2n) is 3.44. The van der Waals surface area contributed by atoms with E-state index in [-0.39, 0.29) is 5.78 Å². The van der Waals surface area contributed by atoms with Gasteiger partial charge in [-0.3, -0.25) is 14.5 Å². The summed E-state index contributed by atoms with van der Waals surface area (Å²) in [6.07, 6.45) is 4.73. The molecule has 2 heterocycles. The van der Waals surface area contributed by atoms with Crippen molar-refractivity contribution in [2.75, 3.05) is 7.11 Å². The normalized spacial score (nSPS) is 10.2. The van der Waals surface area contributed by atoms with Crippen molar-refractivity contribution in [3.05, 3.63) is 42.0 Å². The molecule has 0 atom stereocenters. The number of rotatable bonds is 4. The summed E-state index contributed by atoms with van der Waals surface area (Å²) in [6, 6.07) is 3.35. The molecule has 0 aliphatic rings. The Morgan fingerprint density at radius 2 is 2.12 bits per heavy atom. The molecule has 0 saturated carbocycles. The Kier molecular flexibility index (Phi) is 3.18. The monoisotopic (exact) mass is 231 g/mol. The molecule has 5 heteroatoms. The molecule has 0 spiro atoms. The number of carbonyl (C=O) groups excluding carboxylic acids is 1. The Morgan fingerprint density at radius 1 is 1.41 bits per heavy atom. The molecular formula is C12H13N3O2. The van der Waals surface area contributed by atoms with E-state index in [0.717, 1.165) is 0 Å². The molecule has 0 bridgehead atoms. The Bertz CT molecular complexity index is 498.